The van der Waals surface area contributed by atoms with Crippen LogP contribution in [-0.4, -0.2) is 42.2 Å². The van der Waals surface area contributed by atoms with Gasteiger partial charge in [-0.05, 0) is 32.0 Å². The van der Waals surface area contributed by atoms with E-state index < -0.39 is 12.0 Å². The molecule has 17 heavy (non-hydrogen) atoms. The molecule has 1 aromatic carbocycles. The van der Waals surface area contributed by atoms with Crippen LogP contribution in [0.15, 0.2) is 30.3 Å². The molecule has 0 fully saturated rings. The van der Waals surface area contributed by atoms with Crippen molar-refractivity contribution in [2.75, 3.05) is 20.1 Å². The molecule has 0 radical (unpaired) electrons. The summed E-state index contributed by atoms with van der Waals surface area (Å²) >= 11 is 0. The highest BCUT2D eigenvalue weighted by atomic mass is 16.4. The average Bonchev–Trinajstić information content (AvgIpc) is 2.34. The van der Waals surface area contributed by atoms with Crippen molar-refractivity contribution in [1.29, 1.82) is 0 Å². The normalized spacial score (nSPS) is 12.6. The second-order valence-electron chi connectivity index (χ2n) is 4.27. The Bertz CT molecular complexity index is 341. The molecule has 4 nitrogen and oxygen atoms in total. The molecule has 0 aromatic heterocycles. The van der Waals surface area contributed by atoms with Gasteiger partial charge in [-0.1, -0.05) is 30.3 Å². The number of nitrogens with two attached hydrogens (primary N) is 1. The topological polar surface area (TPSA) is 66.6 Å². The van der Waals surface area contributed by atoms with Crippen molar-refractivity contribution in [2.45, 2.75) is 18.9 Å². The Kier molecular flexibility index (Phi) is 5.66. The third-order valence-corrected chi connectivity index (χ3v) is 2.76. The van der Waals surface area contributed by atoms with E-state index in [2.05, 4.69) is 17.0 Å². The third-order valence-electron chi connectivity index (χ3n) is 2.76. The zero-order valence-electron chi connectivity index (χ0n) is 10.2. The van der Waals surface area contributed by atoms with Crippen LogP contribution in [0.1, 0.15) is 12.0 Å². The number of aliphatic carboxylic acids is 1. The minimum Gasteiger partial charge on any atom is -0.480 e. The van der Waals surface area contributed by atoms with Gasteiger partial charge in [0.05, 0.1) is 0 Å². The summed E-state index contributed by atoms with van der Waals surface area (Å²) in [6.45, 7) is 1.62. The van der Waals surface area contributed by atoms with Crippen LogP contribution < -0.4 is 5.73 Å². The Morgan fingerprint density at radius 2 is 2.00 bits per heavy atom. The summed E-state index contributed by atoms with van der Waals surface area (Å²) in [4.78, 5) is 12.7. The first kappa shape index (κ1) is 13.7. The van der Waals surface area contributed by atoms with Crippen LogP contribution in [0.3, 0.4) is 0 Å². The van der Waals surface area contributed by atoms with E-state index in [9.17, 15) is 4.79 Å². The van der Waals surface area contributed by atoms with Gasteiger partial charge in [-0.15, -0.1) is 0 Å². The highest BCUT2D eigenvalue weighted by Crippen LogP contribution is 2.01. The summed E-state index contributed by atoms with van der Waals surface area (Å²) in [5.41, 5.74) is 6.74. The maximum atomic E-state index is 10.5. The highest BCUT2D eigenvalue weighted by Gasteiger charge is 2.11. The van der Waals surface area contributed by atoms with Crippen LogP contribution in [-0.2, 0) is 11.2 Å². The lowest BCUT2D eigenvalue weighted by Crippen LogP contribution is -2.34. The predicted octanol–water partition coefficient (Wildman–Crippen LogP) is 0.963. The lowest BCUT2D eigenvalue weighted by molar-refractivity contribution is -0.138. The molecule has 0 aliphatic rings. The molecule has 0 bridgehead atoms. The van der Waals surface area contributed by atoms with Gasteiger partial charge in [0.15, 0.2) is 0 Å². The number of rotatable bonds is 7. The van der Waals surface area contributed by atoms with E-state index in [0.717, 1.165) is 13.0 Å². The van der Waals surface area contributed by atoms with Gasteiger partial charge < -0.3 is 15.7 Å². The molecule has 0 saturated carbocycles. The first-order valence-corrected chi connectivity index (χ1v) is 5.80. The van der Waals surface area contributed by atoms with E-state index in [0.29, 0.717) is 13.0 Å². The van der Waals surface area contributed by atoms with Crippen molar-refractivity contribution in [3.05, 3.63) is 35.9 Å². The fourth-order valence-corrected chi connectivity index (χ4v) is 1.56. The fourth-order valence-electron chi connectivity index (χ4n) is 1.56. The zero-order valence-corrected chi connectivity index (χ0v) is 10.2. The van der Waals surface area contributed by atoms with Gasteiger partial charge in [-0.3, -0.25) is 4.79 Å². The standard InChI is InChI=1S/C13H20N2O2/c1-15(10-8-12(14)13(16)17)9-7-11-5-3-2-4-6-11/h2-6,12H,7-10,14H2,1H3,(H,16,17). The van der Waals surface area contributed by atoms with E-state index in [4.69, 9.17) is 10.8 Å². The lowest BCUT2D eigenvalue weighted by atomic mass is 10.1. The molecule has 0 spiro atoms. The molecule has 1 rings (SSSR count). The summed E-state index contributed by atoms with van der Waals surface area (Å²) in [7, 11) is 1.98. The minimum absolute atomic E-state index is 0.487. The molecule has 0 heterocycles. The molecule has 94 valence electrons. The number of hydrogen-bond donors (Lipinski definition) is 2. The minimum atomic E-state index is -0.929. The number of carboxylic acid groups (broad SMARTS) is 1. The van der Waals surface area contributed by atoms with Gasteiger partial charge in [-0.25, -0.2) is 0 Å². The molecule has 1 atom stereocenters. The van der Waals surface area contributed by atoms with Gasteiger partial charge in [-0.2, -0.15) is 0 Å². The van der Waals surface area contributed by atoms with Crippen LogP contribution in [0.2, 0.25) is 0 Å². The van der Waals surface area contributed by atoms with Crippen molar-refractivity contribution in [1.82, 2.24) is 4.90 Å². The van der Waals surface area contributed by atoms with Gasteiger partial charge in [0.1, 0.15) is 6.04 Å². The summed E-state index contributed by atoms with van der Waals surface area (Å²) in [6.07, 6.45) is 1.46. The average molecular weight is 236 g/mol. The highest BCUT2D eigenvalue weighted by molar-refractivity contribution is 5.72. The first-order chi connectivity index (χ1) is 8.09. The Hall–Kier alpha value is -1.39. The van der Waals surface area contributed by atoms with Crippen molar-refractivity contribution in [3.63, 3.8) is 0 Å². The molecule has 0 aliphatic carbocycles. The van der Waals surface area contributed by atoms with Crippen LogP contribution in [0.25, 0.3) is 0 Å². The van der Waals surface area contributed by atoms with E-state index in [1.54, 1.807) is 0 Å². The Morgan fingerprint density at radius 1 is 1.35 bits per heavy atom. The van der Waals surface area contributed by atoms with E-state index in [1.807, 2.05) is 25.2 Å². The molecular weight excluding hydrogens is 216 g/mol. The second kappa shape index (κ2) is 7.04. The summed E-state index contributed by atoms with van der Waals surface area (Å²) in [6, 6.07) is 9.48. The lowest BCUT2D eigenvalue weighted by Gasteiger charge is -2.17. The quantitative estimate of drug-likeness (QED) is 0.740. The van der Waals surface area contributed by atoms with Gasteiger partial charge in [0.2, 0.25) is 0 Å². The number of carbonyl (C=O) groups is 1. The smallest absolute Gasteiger partial charge is 0.320 e. The first-order valence-electron chi connectivity index (χ1n) is 5.80. The van der Waals surface area contributed by atoms with Crippen molar-refractivity contribution >= 4 is 5.97 Å². The molecule has 0 amide bonds. The molecule has 0 aliphatic heterocycles. The number of hydrogen-bond acceptors (Lipinski definition) is 3. The molecule has 3 N–H and O–H groups in total. The Balaban J connectivity index is 2.22. The molecule has 1 aromatic rings. The number of carboxylic acids is 1. The second-order valence-corrected chi connectivity index (χ2v) is 4.27. The van der Waals surface area contributed by atoms with Crippen LogP contribution in [0.5, 0.6) is 0 Å². The maximum Gasteiger partial charge on any atom is 0.320 e. The fraction of sp³-hybridized carbons (Fsp3) is 0.462. The Labute approximate surface area is 102 Å². The number of likely N-dealkylation sites (N-methyl/N-ethyl adjacent to an activating group) is 1. The Morgan fingerprint density at radius 3 is 2.59 bits per heavy atom. The predicted molar refractivity (Wildman–Crippen MR) is 67.9 cm³/mol. The van der Waals surface area contributed by atoms with Crippen molar-refractivity contribution in [2.24, 2.45) is 5.73 Å². The molecule has 1 unspecified atom stereocenters. The van der Waals surface area contributed by atoms with Crippen LogP contribution >= 0.6 is 0 Å². The van der Waals surface area contributed by atoms with Gasteiger partial charge in [0, 0.05) is 6.54 Å². The number of benzene rings is 1. The van der Waals surface area contributed by atoms with Crippen LogP contribution in [0.4, 0.5) is 0 Å². The summed E-state index contributed by atoms with van der Waals surface area (Å²) < 4.78 is 0. The van der Waals surface area contributed by atoms with E-state index >= 15 is 0 Å². The number of nitrogens with zero attached hydrogens (tertiary/aromatic N) is 1. The third kappa shape index (κ3) is 5.47. The van der Waals surface area contributed by atoms with Crippen molar-refractivity contribution < 1.29 is 9.90 Å². The summed E-state index contributed by atoms with van der Waals surface area (Å²) in [5.74, 6) is -0.929. The van der Waals surface area contributed by atoms with E-state index in [1.165, 1.54) is 5.56 Å². The van der Waals surface area contributed by atoms with E-state index in [-0.39, 0.29) is 0 Å². The largest absolute Gasteiger partial charge is 0.480 e. The molecule has 4 heteroatoms. The van der Waals surface area contributed by atoms with Gasteiger partial charge in [0.25, 0.3) is 0 Å². The van der Waals surface area contributed by atoms with Gasteiger partial charge >= 0.3 is 5.97 Å². The molecular formula is C13H20N2O2. The zero-order chi connectivity index (χ0) is 12.7. The maximum absolute atomic E-state index is 10.5. The summed E-state index contributed by atoms with van der Waals surface area (Å²) in [5, 5.41) is 8.66. The molecule has 0 saturated heterocycles. The van der Waals surface area contributed by atoms with Crippen LogP contribution in [0, 0.1) is 0 Å². The monoisotopic (exact) mass is 236 g/mol. The SMILES string of the molecule is CN(CCc1ccccc1)CCC(N)C(=O)O. The van der Waals surface area contributed by atoms with Crippen molar-refractivity contribution in [3.8, 4) is 0 Å².